The van der Waals surface area contributed by atoms with E-state index in [4.69, 9.17) is 0 Å². The van der Waals surface area contributed by atoms with Gasteiger partial charge in [-0.25, -0.2) is 9.78 Å². The summed E-state index contributed by atoms with van der Waals surface area (Å²) in [6.45, 7) is 2.36. The zero-order valence-corrected chi connectivity index (χ0v) is 14.3. The summed E-state index contributed by atoms with van der Waals surface area (Å²) in [4.78, 5) is 27.4. The molecule has 1 aromatic carbocycles. The second-order valence-electron chi connectivity index (χ2n) is 5.38. The number of nitrogens with zero attached hydrogens (tertiary/aromatic N) is 1. The number of aromatic nitrogens is 1. The van der Waals surface area contributed by atoms with Crippen LogP contribution in [0.5, 0.6) is 0 Å². The van der Waals surface area contributed by atoms with Crippen molar-refractivity contribution in [1.29, 1.82) is 0 Å². The molecule has 1 aromatic heterocycles. The minimum atomic E-state index is -4.53. The molecular weight excluding hydrogens is 355 g/mol. The topological polar surface area (TPSA) is 71.1 Å². The summed E-state index contributed by atoms with van der Waals surface area (Å²) >= 11 is 1.11. The largest absolute Gasteiger partial charge is 0.405 e. The molecule has 0 aliphatic carbocycles. The van der Waals surface area contributed by atoms with Gasteiger partial charge in [0, 0.05) is 5.39 Å². The highest BCUT2D eigenvalue weighted by molar-refractivity contribution is 7.99. The van der Waals surface area contributed by atoms with E-state index in [1.54, 1.807) is 5.32 Å². The molecule has 0 fully saturated rings. The average Bonchev–Trinajstić information content (AvgIpc) is 2.51. The van der Waals surface area contributed by atoms with Crippen molar-refractivity contribution in [3.63, 3.8) is 0 Å². The quantitative estimate of drug-likeness (QED) is 0.809. The molecule has 0 aliphatic rings. The lowest BCUT2D eigenvalue weighted by molar-refractivity contribution is -0.124. The molecule has 0 unspecified atom stereocenters. The van der Waals surface area contributed by atoms with Gasteiger partial charge in [0.15, 0.2) is 0 Å². The van der Waals surface area contributed by atoms with E-state index in [1.165, 1.54) is 0 Å². The number of hydrogen-bond acceptors (Lipinski definition) is 4. The Morgan fingerprint density at radius 3 is 2.60 bits per heavy atom. The van der Waals surface area contributed by atoms with Gasteiger partial charge in [0.2, 0.25) is 5.91 Å². The number of para-hydroxylation sites is 1. The first-order valence-electron chi connectivity index (χ1n) is 7.30. The maximum absolute atomic E-state index is 12.0. The van der Waals surface area contributed by atoms with E-state index >= 15 is 0 Å². The molecule has 0 spiro atoms. The number of urea groups is 1. The summed E-state index contributed by atoms with van der Waals surface area (Å²) in [6, 6.07) is 6.47. The van der Waals surface area contributed by atoms with E-state index in [2.05, 4.69) is 4.98 Å². The Labute approximate surface area is 146 Å². The lowest BCUT2D eigenvalue weighted by Gasteiger charge is -2.10. The summed E-state index contributed by atoms with van der Waals surface area (Å²) in [6.07, 6.45) is -4.53. The fourth-order valence-corrected chi connectivity index (χ4v) is 2.90. The lowest BCUT2D eigenvalue weighted by Crippen LogP contribution is -2.43. The number of pyridine rings is 1. The summed E-state index contributed by atoms with van der Waals surface area (Å²) in [7, 11) is 0. The first-order valence-corrected chi connectivity index (χ1v) is 8.28. The van der Waals surface area contributed by atoms with Crippen molar-refractivity contribution in [2.24, 2.45) is 0 Å². The molecule has 3 amide bonds. The van der Waals surface area contributed by atoms with Crippen LogP contribution in [-0.4, -0.2) is 35.4 Å². The number of carbonyl (C=O) groups is 2. The third-order valence-corrected chi connectivity index (χ3v) is 4.19. The molecule has 0 saturated heterocycles. The summed E-state index contributed by atoms with van der Waals surface area (Å²) in [5, 5.41) is 5.04. The Balaban J connectivity index is 1.95. The van der Waals surface area contributed by atoms with Gasteiger partial charge < -0.3 is 5.32 Å². The van der Waals surface area contributed by atoms with Crippen LogP contribution in [0.25, 0.3) is 10.9 Å². The van der Waals surface area contributed by atoms with E-state index in [-0.39, 0.29) is 5.75 Å². The van der Waals surface area contributed by atoms with Crippen molar-refractivity contribution in [3.05, 3.63) is 35.4 Å². The normalized spacial score (nSPS) is 11.4. The highest BCUT2D eigenvalue weighted by Gasteiger charge is 2.27. The number of nitrogens with one attached hydrogen (secondary N) is 2. The summed E-state index contributed by atoms with van der Waals surface area (Å²) in [5.41, 5.74) is 2.83. The van der Waals surface area contributed by atoms with Crippen LogP contribution in [-0.2, 0) is 4.79 Å². The minimum absolute atomic E-state index is 0.136. The Kier molecular flexibility index (Phi) is 5.89. The lowest BCUT2D eigenvalue weighted by atomic mass is 10.1. The fraction of sp³-hybridized carbons (Fsp3) is 0.312. The van der Waals surface area contributed by atoms with Crippen LogP contribution in [0.1, 0.15) is 11.1 Å². The van der Waals surface area contributed by atoms with Crippen molar-refractivity contribution < 1.29 is 22.8 Å². The van der Waals surface area contributed by atoms with Gasteiger partial charge in [0.05, 0.1) is 16.3 Å². The SMILES string of the molecule is Cc1cc(SCC(=O)NC(=O)NCC(F)(F)F)nc2c(C)cccc12. The summed E-state index contributed by atoms with van der Waals surface area (Å²) < 4.78 is 35.9. The predicted octanol–water partition coefficient (Wildman–Crippen LogP) is 3.33. The van der Waals surface area contributed by atoms with Gasteiger partial charge in [-0.1, -0.05) is 30.0 Å². The summed E-state index contributed by atoms with van der Waals surface area (Å²) in [5.74, 6) is -0.836. The predicted molar refractivity (Wildman–Crippen MR) is 89.5 cm³/mol. The number of carbonyl (C=O) groups excluding carboxylic acids is 2. The first kappa shape index (κ1) is 19.0. The van der Waals surface area contributed by atoms with Crippen molar-refractivity contribution in [2.75, 3.05) is 12.3 Å². The number of benzene rings is 1. The number of rotatable bonds is 4. The minimum Gasteiger partial charge on any atom is -0.329 e. The number of alkyl halides is 3. The second-order valence-corrected chi connectivity index (χ2v) is 6.38. The highest BCUT2D eigenvalue weighted by atomic mass is 32.2. The number of aryl methyl sites for hydroxylation is 2. The third-order valence-electron chi connectivity index (χ3n) is 3.28. The maximum atomic E-state index is 12.0. The molecule has 134 valence electrons. The smallest absolute Gasteiger partial charge is 0.329 e. The standard InChI is InChI=1S/C16H16F3N3O2S/c1-9-4-3-5-11-10(2)6-13(22-14(9)11)25-7-12(23)21-15(24)20-8-16(17,18)19/h3-6H,7-8H2,1-2H3,(H2,20,21,23,24). The van der Waals surface area contributed by atoms with Crippen LogP contribution in [0.2, 0.25) is 0 Å². The van der Waals surface area contributed by atoms with Crippen molar-refractivity contribution in [3.8, 4) is 0 Å². The van der Waals surface area contributed by atoms with Crippen molar-refractivity contribution >= 4 is 34.6 Å². The Bertz CT molecular complexity index is 809. The fourth-order valence-electron chi connectivity index (χ4n) is 2.13. The number of halogens is 3. The Morgan fingerprint density at radius 1 is 1.20 bits per heavy atom. The molecule has 0 bridgehead atoms. The van der Waals surface area contributed by atoms with Crippen molar-refractivity contribution in [2.45, 2.75) is 25.0 Å². The van der Waals surface area contributed by atoms with Crippen LogP contribution in [0, 0.1) is 13.8 Å². The molecule has 0 aliphatic heterocycles. The molecule has 2 aromatic rings. The molecule has 0 saturated carbocycles. The van der Waals surface area contributed by atoms with Crippen LogP contribution in [0.3, 0.4) is 0 Å². The number of amides is 3. The molecule has 0 radical (unpaired) electrons. The van der Waals surface area contributed by atoms with Gasteiger partial charge in [-0.2, -0.15) is 13.2 Å². The van der Waals surface area contributed by atoms with Gasteiger partial charge in [-0.15, -0.1) is 0 Å². The average molecular weight is 371 g/mol. The molecule has 5 nitrogen and oxygen atoms in total. The van der Waals surface area contributed by atoms with Gasteiger partial charge in [0.1, 0.15) is 6.54 Å². The molecule has 9 heteroatoms. The molecule has 0 atom stereocenters. The zero-order valence-electron chi connectivity index (χ0n) is 13.5. The van der Waals surface area contributed by atoms with Gasteiger partial charge in [-0.3, -0.25) is 10.1 Å². The molecule has 1 heterocycles. The van der Waals surface area contributed by atoms with E-state index in [9.17, 15) is 22.8 Å². The van der Waals surface area contributed by atoms with Crippen molar-refractivity contribution in [1.82, 2.24) is 15.6 Å². The number of imide groups is 1. The highest BCUT2D eigenvalue weighted by Crippen LogP contribution is 2.25. The molecular formula is C16H16F3N3O2S. The van der Waals surface area contributed by atoms with Gasteiger partial charge >= 0.3 is 12.2 Å². The third kappa shape index (κ3) is 5.63. The molecule has 25 heavy (non-hydrogen) atoms. The van der Waals surface area contributed by atoms with Gasteiger partial charge in [-0.05, 0) is 31.0 Å². The number of thioether (sulfide) groups is 1. The van der Waals surface area contributed by atoms with Crippen LogP contribution < -0.4 is 10.6 Å². The van der Waals surface area contributed by atoms with Gasteiger partial charge in [0.25, 0.3) is 0 Å². The van der Waals surface area contributed by atoms with E-state index in [1.807, 2.05) is 43.4 Å². The van der Waals surface area contributed by atoms with E-state index in [0.29, 0.717) is 5.03 Å². The van der Waals surface area contributed by atoms with E-state index in [0.717, 1.165) is 33.8 Å². The zero-order chi connectivity index (χ0) is 18.6. The number of hydrogen-bond donors (Lipinski definition) is 2. The first-order chi connectivity index (χ1) is 11.7. The van der Waals surface area contributed by atoms with E-state index < -0.39 is 24.7 Å². The molecule has 2 rings (SSSR count). The number of fused-ring (bicyclic) bond motifs is 1. The molecule has 2 N–H and O–H groups in total. The second kappa shape index (κ2) is 7.73. The monoisotopic (exact) mass is 371 g/mol. The van der Waals surface area contributed by atoms with Crippen LogP contribution in [0.15, 0.2) is 29.3 Å². The Morgan fingerprint density at radius 2 is 1.92 bits per heavy atom. The van der Waals surface area contributed by atoms with Crippen LogP contribution >= 0.6 is 11.8 Å². The van der Waals surface area contributed by atoms with Crippen LogP contribution in [0.4, 0.5) is 18.0 Å². The Hall–Kier alpha value is -2.29. The maximum Gasteiger partial charge on any atom is 0.405 e.